The molecule has 37 heavy (non-hydrogen) atoms. The minimum absolute atomic E-state index is 0.0301. The van der Waals surface area contributed by atoms with E-state index in [1.807, 2.05) is 37.4 Å². The summed E-state index contributed by atoms with van der Waals surface area (Å²) in [7, 11) is -3.98. The first-order valence-corrected chi connectivity index (χ1v) is 13.1. The van der Waals surface area contributed by atoms with Crippen LogP contribution in [0.15, 0.2) is 84.1 Å². The van der Waals surface area contributed by atoms with Crippen LogP contribution in [0, 0.1) is 0 Å². The van der Waals surface area contributed by atoms with Crippen molar-refractivity contribution in [1.29, 1.82) is 0 Å². The van der Waals surface area contributed by atoms with Crippen molar-refractivity contribution in [3.8, 4) is 11.8 Å². The van der Waals surface area contributed by atoms with Crippen LogP contribution in [0.4, 0.5) is 0 Å². The van der Waals surface area contributed by atoms with Crippen molar-refractivity contribution in [2.75, 3.05) is 0 Å². The van der Waals surface area contributed by atoms with Crippen molar-refractivity contribution in [2.24, 2.45) is 0 Å². The van der Waals surface area contributed by atoms with E-state index < -0.39 is 16.1 Å². The van der Waals surface area contributed by atoms with E-state index >= 15 is 0 Å². The van der Waals surface area contributed by atoms with Gasteiger partial charge in [-0.25, -0.2) is 13.1 Å². The maximum absolute atomic E-state index is 13.2. The van der Waals surface area contributed by atoms with Crippen molar-refractivity contribution in [3.63, 3.8) is 0 Å². The van der Waals surface area contributed by atoms with Gasteiger partial charge in [-0.05, 0) is 61.7 Å². The van der Waals surface area contributed by atoms with Crippen LogP contribution in [0.2, 0.25) is 0 Å². The summed E-state index contributed by atoms with van der Waals surface area (Å²) < 4.78 is 36.7. The van der Waals surface area contributed by atoms with Crippen LogP contribution in [0.5, 0.6) is 11.8 Å². The van der Waals surface area contributed by atoms with Crippen LogP contribution in [0.25, 0.3) is 10.9 Å². The van der Waals surface area contributed by atoms with E-state index in [1.54, 1.807) is 29.7 Å². The van der Waals surface area contributed by atoms with Crippen LogP contribution in [0.1, 0.15) is 41.6 Å². The number of rotatable bonds is 9. The van der Waals surface area contributed by atoms with E-state index in [2.05, 4.69) is 24.9 Å². The van der Waals surface area contributed by atoms with Gasteiger partial charge in [-0.15, -0.1) is 5.10 Å². The average molecular weight is 517 g/mol. The van der Waals surface area contributed by atoms with E-state index in [9.17, 15) is 13.2 Å². The number of sulfonamides is 1. The van der Waals surface area contributed by atoms with Crippen LogP contribution in [0.3, 0.4) is 0 Å². The lowest BCUT2D eigenvalue weighted by Gasteiger charge is -2.16. The number of ketones is 1. The number of benzene rings is 2. The molecule has 0 unspecified atom stereocenters. The molecule has 0 aliphatic rings. The van der Waals surface area contributed by atoms with Gasteiger partial charge in [0.1, 0.15) is 5.75 Å². The number of fused-ring (bicyclic) bond motifs is 1. The molecular formula is C26H24N6O4S. The topological polar surface area (TPSA) is 132 Å². The molecule has 0 aliphatic carbocycles. The zero-order valence-electron chi connectivity index (χ0n) is 20.1. The number of nitrogens with zero attached hydrogens (tertiary/aromatic N) is 4. The number of hydrogen-bond acceptors (Lipinski definition) is 7. The van der Waals surface area contributed by atoms with Gasteiger partial charge in [-0.2, -0.15) is 0 Å². The molecule has 5 rings (SSSR count). The molecule has 2 N–H and O–H groups in total. The van der Waals surface area contributed by atoms with Crippen LogP contribution in [-0.4, -0.2) is 38.9 Å². The maximum Gasteiger partial charge on any atom is 0.322 e. The monoisotopic (exact) mass is 516 g/mol. The Balaban J connectivity index is 1.36. The minimum Gasteiger partial charge on any atom is -0.424 e. The van der Waals surface area contributed by atoms with Crippen LogP contribution >= 0.6 is 0 Å². The third-order valence-corrected chi connectivity index (χ3v) is 7.40. The number of H-pyrrole nitrogens is 1. The van der Waals surface area contributed by atoms with E-state index in [1.165, 1.54) is 30.6 Å². The number of carbonyl (C=O) groups is 1. The van der Waals surface area contributed by atoms with Gasteiger partial charge < -0.3 is 9.72 Å². The Morgan fingerprint density at radius 3 is 2.65 bits per heavy atom. The second-order valence-corrected chi connectivity index (χ2v) is 10.1. The number of pyridine rings is 1. The summed E-state index contributed by atoms with van der Waals surface area (Å²) in [6, 6.07) is 16.2. The van der Waals surface area contributed by atoms with E-state index in [0.29, 0.717) is 23.7 Å². The highest BCUT2D eigenvalue weighted by Gasteiger charge is 2.25. The number of carbonyl (C=O) groups excluding carboxylic acids is 1. The molecule has 188 valence electrons. The third kappa shape index (κ3) is 4.99. The first-order chi connectivity index (χ1) is 17.9. The van der Waals surface area contributed by atoms with Gasteiger partial charge in [0.25, 0.3) is 0 Å². The Kier molecular flexibility index (Phi) is 6.55. The Labute approximate surface area is 213 Å². The van der Waals surface area contributed by atoms with Gasteiger partial charge in [0.2, 0.25) is 10.0 Å². The Morgan fingerprint density at radius 2 is 1.86 bits per heavy atom. The molecule has 0 saturated heterocycles. The van der Waals surface area contributed by atoms with Gasteiger partial charge in [0, 0.05) is 47.8 Å². The van der Waals surface area contributed by atoms with Gasteiger partial charge in [0.15, 0.2) is 11.6 Å². The van der Waals surface area contributed by atoms with Crippen molar-refractivity contribution in [2.45, 2.75) is 31.3 Å². The minimum atomic E-state index is -3.98. The lowest BCUT2D eigenvalue weighted by molar-refractivity contribution is 0.103. The molecule has 0 bridgehead atoms. The predicted molar refractivity (Wildman–Crippen MR) is 137 cm³/mol. The fourth-order valence-electron chi connectivity index (χ4n) is 4.02. The largest absolute Gasteiger partial charge is 0.424 e. The SMILES string of the molecule is CCn1c(Oc2ccc3cc[nH]c3c2)nnc1[C@@H](C)NS(=O)(=O)c1cccc(C(=O)c2ccncc2)c1. The fraction of sp³-hybridized carbons (Fsp3) is 0.154. The first-order valence-electron chi connectivity index (χ1n) is 11.6. The molecular weight excluding hydrogens is 492 g/mol. The zero-order chi connectivity index (χ0) is 26.0. The summed E-state index contributed by atoms with van der Waals surface area (Å²) in [6.07, 6.45) is 4.87. The summed E-state index contributed by atoms with van der Waals surface area (Å²) in [5.74, 6) is 0.677. The molecule has 0 saturated carbocycles. The van der Waals surface area contributed by atoms with Gasteiger partial charge in [-0.1, -0.05) is 17.2 Å². The molecule has 10 nitrogen and oxygen atoms in total. The lowest BCUT2D eigenvalue weighted by atomic mass is 10.1. The first kappa shape index (κ1) is 24.3. The van der Waals surface area contributed by atoms with Crippen molar-refractivity contribution in [3.05, 3.63) is 96.2 Å². The predicted octanol–water partition coefficient (Wildman–Crippen LogP) is 4.24. The van der Waals surface area contributed by atoms with Crippen molar-refractivity contribution >= 4 is 26.7 Å². The van der Waals surface area contributed by atoms with Gasteiger partial charge in [0.05, 0.1) is 10.9 Å². The second-order valence-electron chi connectivity index (χ2n) is 8.35. The van der Waals surface area contributed by atoms with Crippen LogP contribution < -0.4 is 9.46 Å². The number of ether oxygens (including phenoxy) is 1. The molecule has 2 aromatic carbocycles. The quantitative estimate of drug-likeness (QED) is 0.280. The summed E-state index contributed by atoms with van der Waals surface area (Å²) in [5.41, 5.74) is 1.60. The summed E-state index contributed by atoms with van der Waals surface area (Å²) in [4.78, 5) is 19.8. The van der Waals surface area contributed by atoms with Crippen molar-refractivity contribution in [1.82, 2.24) is 29.5 Å². The van der Waals surface area contributed by atoms with Gasteiger partial charge in [-0.3, -0.25) is 14.3 Å². The molecule has 5 aromatic rings. The average Bonchev–Trinajstić information content (AvgIpc) is 3.55. The van der Waals surface area contributed by atoms with Gasteiger partial charge >= 0.3 is 6.01 Å². The highest BCUT2D eigenvalue weighted by atomic mass is 32.2. The number of hydrogen-bond donors (Lipinski definition) is 2. The zero-order valence-corrected chi connectivity index (χ0v) is 20.9. The van der Waals surface area contributed by atoms with E-state index in [4.69, 9.17) is 4.74 Å². The molecule has 3 heterocycles. The second kappa shape index (κ2) is 9.96. The van der Waals surface area contributed by atoms with E-state index in [-0.39, 0.29) is 22.3 Å². The summed E-state index contributed by atoms with van der Waals surface area (Å²) in [5, 5.41) is 9.39. The Bertz CT molecular complexity index is 1680. The smallest absolute Gasteiger partial charge is 0.322 e. The normalized spacial score (nSPS) is 12.5. The summed E-state index contributed by atoms with van der Waals surface area (Å²) >= 11 is 0. The Hall–Kier alpha value is -4.35. The highest BCUT2D eigenvalue weighted by Crippen LogP contribution is 2.26. The molecule has 1 atom stereocenters. The molecule has 0 amide bonds. The number of aromatic amines is 1. The number of aromatic nitrogens is 5. The van der Waals surface area contributed by atoms with Crippen LogP contribution in [-0.2, 0) is 16.6 Å². The molecule has 3 aromatic heterocycles. The third-order valence-electron chi connectivity index (χ3n) is 5.87. The molecule has 0 aliphatic heterocycles. The molecule has 0 fully saturated rings. The number of nitrogens with one attached hydrogen (secondary N) is 2. The highest BCUT2D eigenvalue weighted by molar-refractivity contribution is 7.89. The maximum atomic E-state index is 13.2. The van der Waals surface area contributed by atoms with E-state index in [0.717, 1.165) is 10.9 Å². The summed E-state index contributed by atoms with van der Waals surface area (Å²) in [6.45, 7) is 4.03. The molecule has 11 heteroatoms. The molecule has 0 spiro atoms. The van der Waals surface area contributed by atoms with Crippen molar-refractivity contribution < 1.29 is 17.9 Å². The fourth-order valence-corrected chi connectivity index (χ4v) is 5.26. The Morgan fingerprint density at radius 1 is 1.05 bits per heavy atom. The molecule has 0 radical (unpaired) electrons. The standard InChI is InChI=1S/C26H24N6O4S/c1-3-32-25(29-30-26(32)36-21-8-7-18-11-14-28-23(18)16-21)17(2)31-37(34,35)22-6-4-5-20(15-22)24(33)19-9-12-27-13-10-19/h4-17,28,31H,3H2,1-2H3/t17-/m1/s1. The lowest BCUT2D eigenvalue weighted by Crippen LogP contribution is -2.29.